The lowest BCUT2D eigenvalue weighted by atomic mass is 9.88. The number of nitrogens with one attached hydrogen (secondary N) is 1. The Bertz CT molecular complexity index is 285. The van der Waals surface area contributed by atoms with Crippen LogP contribution in [-0.4, -0.2) is 17.4 Å². The summed E-state index contributed by atoms with van der Waals surface area (Å²) in [6, 6.07) is 4.06. The second-order valence-corrected chi connectivity index (χ2v) is 5.30. The second-order valence-electron chi connectivity index (χ2n) is 4.92. The average molecular weight is 241 g/mol. The maximum atomic E-state index is 5.71. The lowest BCUT2D eigenvalue weighted by molar-refractivity contribution is 0.311. The number of alkyl halides is 1. The Morgan fingerprint density at radius 1 is 1.44 bits per heavy atom. The molecule has 3 heteroatoms. The van der Waals surface area contributed by atoms with E-state index in [4.69, 9.17) is 11.6 Å². The normalized spacial score (nSPS) is 11.7. The van der Waals surface area contributed by atoms with Crippen LogP contribution in [0.15, 0.2) is 24.5 Å². The largest absolute Gasteiger partial charge is 0.312 e. The first-order chi connectivity index (χ1) is 7.64. The Labute approximate surface area is 103 Å². The van der Waals surface area contributed by atoms with Gasteiger partial charge in [-0.3, -0.25) is 4.98 Å². The highest BCUT2D eigenvalue weighted by atomic mass is 35.5. The molecule has 0 saturated heterocycles. The topological polar surface area (TPSA) is 24.9 Å². The molecule has 1 heterocycles. The highest BCUT2D eigenvalue weighted by molar-refractivity contribution is 6.17. The summed E-state index contributed by atoms with van der Waals surface area (Å²) in [5, 5.41) is 3.47. The van der Waals surface area contributed by atoms with Gasteiger partial charge in [0.05, 0.1) is 0 Å². The van der Waals surface area contributed by atoms with Gasteiger partial charge >= 0.3 is 0 Å². The Kier molecular flexibility index (Phi) is 5.78. The summed E-state index contributed by atoms with van der Waals surface area (Å²) in [5.41, 5.74) is 1.55. The van der Waals surface area contributed by atoms with Crippen LogP contribution in [0.1, 0.15) is 32.3 Å². The van der Waals surface area contributed by atoms with E-state index in [-0.39, 0.29) is 0 Å². The Morgan fingerprint density at radius 2 is 2.25 bits per heavy atom. The molecule has 1 aromatic rings. The van der Waals surface area contributed by atoms with Gasteiger partial charge in [-0.2, -0.15) is 0 Å². The quantitative estimate of drug-likeness (QED) is 0.741. The minimum absolute atomic E-state index is 0.317. The summed E-state index contributed by atoms with van der Waals surface area (Å²) in [6.45, 7) is 6.45. The molecule has 0 amide bonds. The Balaban J connectivity index is 2.24. The maximum Gasteiger partial charge on any atom is 0.0312 e. The molecule has 0 bridgehead atoms. The minimum atomic E-state index is 0.317. The van der Waals surface area contributed by atoms with E-state index in [1.807, 2.05) is 12.3 Å². The molecule has 1 N–H and O–H groups in total. The van der Waals surface area contributed by atoms with Crippen molar-refractivity contribution >= 4 is 11.6 Å². The van der Waals surface area contributed by atoms with Gasteiger partial charge in [-0.05, 0) is 29.9 Å². The van der Waals surface area contributed by atoms with Gasteiger partial charge in [-0.25, -0.2) is 0 Å². The SMILES string of the molecule is CC(C)(CCCCl)CNCc1cccnc1. The standard InChI is InChI=1S/C13H21ClN2/c1-13(2,6-4-7-14)11-16-10-12-5-3-8-15-9-12/h3,5,8-9,16H,4,6-7,10-11H2,1-2H3. The lowest BCUT2D eigenvalue weighted by Crippen LogP contribution is -2.29. The molecule has 1 rings (SSSR count). The van der Waals surface area contributed by atoms with Crippen molar-refractivity contribution in [1.29, 1.82) is 0 Å². The molecule has 0 radical (unpaired) electrons. The summed E-state index contributed by atoms with van der Waals surface area (Å²) in [5.74, 6) is 0.756. The molecule has 0 aliphatic carbocycles. The fourth-order valence-corrected chi connectivity index (χ4v) is 1.82. The number of hydrogen-bond acceptors (Lipinski definition) is 2. The highest BCUT2D eigenvalue weighted by Gasteiger charge is 2.16. The molecule has 0 saturated carbocycles. The van der Waals surface area contributed by atoms with E-state index in [1.54, 1.807) is 6.20 Å². The van der Waals surface area contributed by atoms with Gasteiger partial charge in [-0.1, -0.05) is 19.9 Å². The van der Waals surface area contributed by atoms with E-state index in [2.05, 4.69) is 30.2 Å². The van der Waals surface area contributed by atoms with Gasteiger partial charge in [0.1, 0.15) is 0 Å². The van der Waals surface area contributed by atoms with Gasteiger partial charge in [0.2, 0.25) is 0 Å². The van der Waals surface area contributed by atoms with Crippen LogP contribution in [0.3, 0.4) is 0 Å². The maximum absolute atomic E-state index is 5.71. The van der Waals surface area contributed by atoms with Crippen molar-refractivity contribution in [2.24, 2.45) is 5.41 Å². The summed E-state index contributed by atoms with van der Waals surface area (Å²) in [6.07, 6.45) is 5.95. The van der Waals surface area contributed by atoms with Crippen molar-refractivity contribution in [3.05, 3.63) is 30.1 Å². The molecule has 1 aromatic heterocycles. The number of rotatable bonds is 7. The van der Waals surface area contributed by atoms with Crippen LogP contribution in [0.2, 0.25) is 0 Å². The van der Waals surface area contributed by atoms with Crippen molar-refractivity contribution in [3.63, 3.8) is 0 Å². The van der Waals surface area contributed by atoms with Crippen LogP contribution in [0.5, 0.6) is 0 Å². The number of halogens is 1. The first-order valence-electron chi connectivity index (χ1n) is 5.80. The third-order valence-corrected chi connectivity index (χ3v) is 2.91. The molecular weight excluding hydrogens is 220 g/mol. The molecule has 0 spiro atoms. The minimum Gasteiger partial charge on any atom is -0.312 e. The summed E-state index contributed by atoms with van der Waals surface area (Å²) >= 11 is 5.71. The first kappa shape index (κ1) is 13.5. The van der Waals surface area contributed by atoms with E-state index >= 15 is 0 Å². The average Bonchev–Trinajstić information content (AvgIpc) is 2.28. The van der Waals surface area contributed by atoms with E-state index in [1.165, 1.54) is 5.56 Å². The first-order valence-corrected chi connectivity index (χ1v) is 6.33. The van der Waals surface area contributed by atoms with Gasteiger partial charge in [0.15, 0.2) is 0 Å². The molecule has 90 valence electrons. The molecule has 16 heavy (non-hydrogen) atoms. The summed E-state index contributed by atoms with van der Waals surface area (Å²) in [7, 11) is 0. The predicted molar refractivity (Wildman–Crippen MR) is 69.7 cm³/mol. The monoisotopic (exact) mass is 240 g/mol. The van der Waals surface area contributed by atoms with Crippen molar-refractivity contribution in [2.75, 3.05) is 12.4 Å². The van der Waals surface area contributed by atoms with Crippen molar-refractivity contribution in [3.8, 4) is 0 Å². The van der Waals surface area contributed by atoms with Crippen LogP contribution < -0.4 is 5.32 Å². The third-order valence-electron chi connectivity index (χ3n) is 2.64. The Hall–Kier alpha value is -0.600. The molecule has 0 fully saturated rings. The van der Waals surface area contributed by atoms with Gasteiger partial charge in [0.25, 0.3) is 0 Å². The highest BCUT2D eigenvalue weighted by Crippen LogP contribution is 2.21. The van der Waals surface area contributed by atoms with Crippen LogP contribution in [-0.2, 0) is 6.54 Å². The van der Waals surface area contributed by atoms with Crippen molar-refractivity contribution in [2.45, 2.75) is 33.2 Å². The molecule has 2 nitrogen and oxygen atoms in total. The molecule has 0 aromatic carbocycles. The smallest absolute Gasteiger partial charge is 0.0312 e. The third kappa shape index (κ3) is 5.47. The van der Waals surface area contributed by atoms with Crippen molar-refractivity contribution < 1.29 is 0 Å². The lowest BCUT2D eigenvalue weighted by Gasteiger charge is -2.24. The van der Waals surface area contributed by atoms with Gasteiger partial charge in [0, 0.05) is 31.4 Å². The van der Waals surface area contributed by atoms with E-state index in [0.29, 0.717) is 5.41 Å². The number of pyridine rings is 1. The second kappa shape index (κ2) is 6.87. The zero-order valence-electron chi connectivity index (χ0n) is 10.2. The number of hydrogen-bond donors (Lipinski definition) is 1. The molecular formula is C13H21ClN2. The molecule has 0 aliphatic heterocycles. The molecule has 0 aliphatic rings. The predicted octanol–water partition coefficient (Wildman–Crippen LogP) is 3.22. The van der Waals surface area contributed by atoms with Crippen molar-refractivity contribution in [1.82, 2.24) is 10.3 Å². The zero-order chi connectivity index (χ0) is 11.9. The number of aromatic nitrogens is 1. The van der Waals surface area contributed by atoms with Gasteiger partial charge in [-0.15, -0.1) is 11.6 Å². The van der Waals surface area contributed by atoms with Crippen LogP contribution in [0, 0.1) is 5.41 Å². The van der Waals surface area contributed by atoms with E-state index < -0.39 is 0 Å². The van der Waals surface area contributed by atoms with Crippen LogP contribution in [0.4, 0.5) is 0 Å². The zero-order valence-corrected chi connectivity index (χ0v) is 10.9. The molecule has 0 unspecified atom stereocenters. The summed E-state index contributed by atoms with van der Waals surface area (Å²) < 4.78 is 0. The molecule has 0 atom stereocenters. The summed E-state index contributed by atoms with van der Waals surface area (Å²) in [4.78, 5) is 4.09. The Morgan fingerprint density at radius 3 is 2.88 bits per heavy atom. The fourth-order valence-electron chi connectivity index (χ4n) is 1.68. The van der Waals surface area contributed by atoms with E-state index in [0.717, 1.165) is 31.8 Å². The van der Waals surface area contributed by atoms with E-state index in [9.17, 15) is 0 Å². The number of nitrogens with zero attached hydrogens (tertiary/aromatic N) is 1. The van der Waals surface area contributed by atoms with Gasteiger partial charge < -0.3 is 5.32 Å². The fraction of sp³-hybridized carbons (Fsp3) is 0.615. The van der Waals surface area contributed by atoms with Crippen LogP contribution >= 0.6 is 11.6 Å². The van der Waals surface area contributed by atoms with Crippen LogP contribution in [0.25, 0.3) is 0 Å².